The second kappa shape index (κ2) is 8.82. The summed E-state index contributed by atoms with van der Waals surface area (Å²) in [7, 11) is 0. The van der Waals surface area contributed by atoms with Crippen LogP contribution in [0.5, 0.6) is 17.2 Å². The minimum absolute atomic E-state index is 0.201. The first kappa shape index (κ1) is 17.7. The largest absolute Gasteiger partial charge is 0.490 e. The van der Waals surface area contributed by atoms with Gasteiger partial charge in [0.15, 0.2) is 0 Å². The van der Waals surface area contributed by atoms with Crippen LogP contribution in [0.2, 0.25) is 0 Å². The molecular formula is C19H23NO4. The van der Waals surface area contributed by atoms with Gasteiger partial charge < -0.3 is 19.5 Å². The van der Waals surface area contributed by atoms with Crippen molar-refractivity contribution in [3.05, 3.63) is 53.6 Å². The highest BCUT2D eigenvalue weighted by atomic mass is 16.6. The maximum Gasteiger partial charge on any atom is 0.407 e. The van der Waals surface area contributed by atoms with Crippen molar-refractivity contribution < 1.29 is 19.0 Å². The summed E-state index contributed by atoms with van der Waals surface area (Å²) in [6, 6.07) is 13.4. The van der Waals surface area contributed by atoms with Gasteiger partial charge in [0.1, 0.15) is 30.5 Å². The molecule has 0 heterocycles. The fourth-order valence-electron chi connectivity index (χ4n) is 2.22. The Bertz CT molecular complexity index is 647. The molecule has 0 aliphatic rings. The zero-order chi connectivity index (χ0) is 17.4. The first-order valence-corrected chi connectivity index (χ1v) is 7.96. The van der Waals surface area contributed by atoms with E-state index in [9.17, 15) is 4.79 Å². The number of rotatable bonds is 7. The second-order valence-electron chi connectivity index (χ2n) is 5.41. The van der Waals surface area contributed by atoms with Gasteiger partial charge in [0.2, 0.25) is 0 Å². The van der Waals surface area contributed by atoms with Gasteiger partial charge in [-0.1, -0.05) is 6.07 Å². The molecule has 1 amide bonds. The fraction of sp³-hybridized carbons (Fsp3) is 0.316. The number of alkyl carbamates (subject to hydrolysis) is 1. The summed E-state index contributed by atoms with van der Waals surface area (Å²) < 4.78 is 16.3. The Hall–Kier alpha value is -2.69. The first-order chi connectivity index (χ1) is 11.6. The summed E-state index contributed by atoms with van der Waals surface area (Å²) in [5, 5.41) is 2.55. The van der Waals surface area contributed by atoms with Crippen LogP contribution in [0.1, 0.15) is 18.1 Å². The number of benzene rings is 2. The van der Waals surface area contributed by atoms with Crippen molar-refractivity contribution in [3.8, 4) is 17.2 Å². The zero-order valence-electron chi connectivity index (χ0n) is 14.3. The van der Waals surface area contributed by atoms with Gasteiger partial charge >= 0.3 is 6.09 Å². The van der Waals surface area contributed by atoms with Crippen molar-refractivity contribution in [1.82, 2.24) is 5.32 Å². The van der Waals surface area contributed by atoms with Gasteiger partial charge in [0.25, 0.3) is 0 Å². The molecule has 0 fully saturated rings. The monoisotopic (exact) mass is 329 g/mol. The van der Waals surface area contributed by atoms with Gasteiger partial charge in [0, 0.05) is 6.54 Å². The number of ether oxygens (including phenoxy) is 3. The van der Waals surface area contributed by atoms with Gasteiger partial charge in [0.05, 0.1) is 0 Å². The second-order valence-corrected chi connectivity index (χ2v) is 5.41. The molecule has 5 heteroatoms. The lowest BCUT2D eigenvalue weighted by atomic mass is 10.1. The summed E-state index contributed by atoms with van der Waals surface area (Å²) >= 11 is 0. The predicted octanol–water partition coefficient (Wildman–Crippen LogP) is 4.22. The van der Waals surface area contributed by atoms with E-state index in [0.29, 0.717) is 18.9 Å². The Morgan fingerprint density at radius 3 is 2.17 bits per heavy atom. The van der Waals surface area contributed by atoms with E-state index in [0.717, 1.165) is 22.6 Å². The van der Waals surface area contributed by atoms with E-state index in [1.54, 1.807) is 0 Å². The number of hydrogen-bond donors (Lipinski definition) is 1. The van der Waals surface area contributed by atoms with Gasteiger partial charge in [-0.15, -0.1) is 0 Å². The van der Waals surface area contributed by atoms with Crippen LogP contribution < -0.4 is 14.8 Å². The smallest absolute Gasteiger partial charge is 0.407 e. The molecule has 0 saturated carbocycles. The van der Waals surface area contributed by atoms with Crippen molar-refractivity contribution in [2.75, 3.05) is 19.8 Å². The number of nitrogens with one attached hydrogen (secondary N) is 1. The van der Waals surface area contributed by atoms with Gasteiger partial charge in [-0.05, 0) is 68.3 Å². The Morgan fingerprint density at radius 1 is 0.917 bits per heavy atom. The average molecular weight is 329 g/mol. The Balaban J connectivity index is 1.81. The quantitative estimate of drug-likeness (QED) is 0.773. The predicted molar refractivity (Wildman–Crippen MR) is 93.0 cm³/mol. The summed E-state index contributed by atoms with van der Waals surface area (Å²) in [6.45, 7) is 6.96. The van der Waals surface area contributed by atoms with Crippen molar-refractivity contribution in [2.24, 2.45) is 0 Å². The lowest BCUT2D eigenvalue weighted by Gasteiger charge is -2.10. The average Bonchev–Trinajstić information content (AvgIpc) is 2.52. The van der Waals surface area contributed by atoms with Crippen LogP contribution >= 0.6 is 0 Å². The van der Waals surface area contributed by atoms with E-state index in [1.165, 1.54) is 0 Å². The van der Waals surface area contributed by atoms with Crippen LogP contribution in [0.15, 0.2) is 42.5 Å². The molecule has 128 valence electrons. The third-order valence-electron chi connectivity index (χ3n) is 3.16. The lowest BCUT2D eigenvalue weighted by Crippen LogP contribution is -2.25. The molecular weight excluding hydrogens is 306 g/mol. The van der Waals surface area contributed by atoms with Crippen LogP contribution in [-0.4, -0.2) is 25.9 Å². The minimum atomic E-state index is -0.432. The van der Waals surface area contributed by atoms with Crippen LogP contribution in [0.4, 0.5) is 4.79 Å². The van der Waals surface area contributed by atoms with E-state index < -0.39 is 6.09 Å². The molecule has 1 N–H and O–H groups in total. The third-order valence-corrected chi connectivity index (χ3v) is 3.16. The molecule has 5 nitrogen and oxygen atoms in total. The molecule has 24 heavy (non-hydrogen) atoms. The molecule has 0 spiro atoms. The number of amides is 1. The van der Waals surface area contributed by atoms with E-state index in [1.807, 2.05) is 57.2 Å². The van der Waals surface area contributed by atoms with E-state index in [-0.39, 0.29) is 6.61 Å². The zero-order valence-corrected chi connectivity index (χ0v) is 14.3. The molecule has 2 aromatic rings. The Labute approximate surface area is 142 Å². The van der Waals surface area contributed by atoms with Crippen LogP contribution in [0.25, 0.3) is 0 Å². The highest BCUT2D eigenvalue weighted by molar-refractivity contribution is 5.66. The third kappa shape index (κ3) is 5.83. The molecule has 0 unspecified atom stereocenters. The van der Waals surface area contributed by atoms with Gasteiger partial charge in [-0.2, -0.15) is 0 Å². The minimum Gasteiger partial charge on any atom is -0.490 e. The Kier molecular flexibility index (Phi) is 6.49. The Morgan fingerprint density at radius 2 is 1.54 bits per heavy atom. The standard InChI is InChI=1S/C19H23NO4/c1-4-20-19(21)23-10-9-22-16-5-7-17(8-6-16)24-18-12-14(2)11-15(3)13-18/h5-8,11-13H,4,9-10H2,1-3H3,(H,20,21). The SMILES string of the molecule is CCNC(=O)OCCOc1ccc(Oc2cc(C)cc(C)c2)cc1. The topological polar surface area (TPSA) is 56.8 Å². The molecule has 0 aliphatic carbocycles. The summed E-state index contributed by atoms with van der Waals surface area (Å²) in [5.74, 6) is 2.25. The first-order valence-electron chi connectivity index (χ1n) is 7.96. The lowest BCUT2D eigenvalue weighted by molar-refractivity contribution is 0.125. The molecule has 0 atom stereocenters. The molecule has 0 aliphatic heterocycles. The number of hydrogen-bond acceptors (Lipinski definition) is 4. The maximum absolute atomic E-state index is 11.1. The molecule has 0 aromatic heterocycles. The maximum atomic E-state index is 11.1. The van der Waals surface area contributed by atoms with E-state index in [4.69, 9.17) is 14.2 Å². The molecule has 2 aromatic carbocycles. The number of carbonyl (C=O) groups excluding carboxylic acids is 1. The van der Waals surface area contributed by atoms with Crippen molar-refractivity contribution in [3.63, 3.8) is 0 Å². The molecule has 0 radical (unpaired) electrons. The molecule has 2 rings (SSSR count). The van der Waals surface area contributed by atoms with E-state index >= 15 is 0 Å². The number of carbonyl (C=O) groups is 1. The van der Waals surface area contributed by atoms with Gasteiger partial charge in [-0.25, -0.2) is 4.79 Å². The number of aryl methyl sites for hydroxylation is 2. The van der Waals surface area contributed by atoms with Crippen molar-refractivity contribution >= 4 is 6.09 Å². The molecule has 0 saturated heterocycles. The molecule has 0 bridgehead atoms. The van der Waals surface area contributed by atoms with E-state index in [2.05, 4.69) is 11.4 Å². The highest BCUT2D eigenvalue weighted by Crippen LogP contribution is 2.25. The van der Waals surface area contributed by atoms with Crippen LogP contribution in [0, 0.1) is 13.8 Å². The normalized spacial score (nSPS) is 10.1. The highest BCUT2D eigenvalue weighted by Gasteiger charge is 2.02. The summed E-state index contributed by atoms with van der Waals surface area (Å²) in [6.07, 6.45) is -0.432. The van der Waals surface area contributed by atoms with Gasteiger partial charge in [-0.3, -0.25) is 0 Å². The van der Waals surface area contributed by atoms with Crippen LogP contribution in [0.3, 0.4) is 0 Å². The summed E-state index contributed by atoms with van der Waals surface area (Å²) in [4.78, 5) is 11.1. The summed E-state index contributed by atoms with van der Waals surface area (Å²) in [5.41, 5.74) is 2.33. The van der Waals surface area contributed by atoms with Crippen molar-refractivity contribution in [1.29, 1.82) is 0 Å². The van der Waals surface area contributed by atoms with Crippen molar-refractivity contribution in [2.45, 2.75) is 20.8 Å². The fourth-order valence-corrected chi connectivity index (χ4v) is 2.22. The van der Waals surface area contributed by atoms with Crippen LogP contribution in [-0.2, 0) is 4.74 Å².